The van der Waals surface area contributed by atoms with Crippen LogP contribution in [0.5, 0.6) is 0 Å². The van der Waals surface area contributed by atoms with Gasteiger partial charge in [-0.1, -0.05) is 40.5 Å². The fourth-order valence-electron chi connectivity index (χ4n) is 3.97. The molecule has 2 N–H and O–H groups in total. The van der Waals surface area contributed by atoms with Gasteiger partial charge in [0.1, 0.15) is 18.0 Å². The Morgan fingerprint density at radius 3 is 2.51 bits per heavy atom. The maximum atomic E-state index is 13.2. The number of ketones is 1. The van der Waals surface area contributed by atoms with Gasteiger partial charge in [0.25, 0.3) is 0 Å². The van der Waals surface area contributed by atoms with E-state index in [2.05, 4.69) is 20.9 Å². The average molecular weight is 546 g/mol. The SMILES string of the molecule is CCCC[C@@H](NC(=O)OC(Cc1nnc(-c2ccc(F)cc2)o1)C(C)(C)C)C(=O)C(=O)NN1CCCCC1=O. The lowest BCUT2D eigenvalue weighted by Gasteiger charge is -2.30. The minimum atomic E-state index is -1.12. The van der Waals surface area contributed by atoms with Crippen molar-refractivity contribution >= 4 is 23.7 Å². The second-order valence-corrected chi connectivity index (χ2v) is 10.6. The highest BCUT2D eigenvalue weighted by Gasteiger charge is 2.34. The summed E-state index contributed by atoms with van der Waals surface area (Å²) < 4.78 is 24.6. The largest absolute Gasteiger partial charge is 0.445 e. The normalized spacial score (nSPS) is 15.4. The molecule has 39 heavy (non-hydrogen) atoms. The van der Waals surface area contributed by atoms with Gasteiger partial charge in [-0.2, -0.15) is 0 Å². The van der Waals surface area contributed by atoms with Crippen molar-refractivity contribution < 1.29 is 32.7 Å². The van der Waals surface area contributed by atoms with Crippen molar-refractivity contribution in [3.8, 4) is 11.5 Å². The number of alkyl carbamates (subject to hydrolysis) is 1. The highest BCUT2D eigenvalue weighted by molar-refractivity contribution is 6.38. The van der Waals surface area contributed by atoms with Gasteiger partial charge < -0.3 is 14.5 Å². The van der Waals surface area contributed by atoms with E-state index in [0.29, 0.717) is 24.9 Å². The summed E-state index contributed by atoms with van der Waals surface area (Å²) in [7, 11) is 0. The zero-order valence-corrected chi connectivity index (χ0v) is 22.8. The molecule has 0 spiro atoms. The lowest BCUT2D eigenvalue weighted by atomic mass is 9.87. The molecule has 1 aliphatic heterocycles. The number of piperidine rings is 1. The van der Waals surface area contributed by atoms with Gasteiger partial charge in [-0.05, 0) is 48.9 Å². The number of unbranched alkanes of at least 4 members (excludes halogenated alkanes) is 1. The van der Waals surface area contributed by atoms with Crippen molar-refractivity contribution in [2.75, 3.05) is 6.54 Å². The van der Waals surface area contributed by atoms with Gasteiger partial charge in [0.2, 0.25) is 23.5 Å². The third-order valence-corrected chi connectivity index (χ3v) is 6.37. The first-order valence-electron chi connectivity index (χ1n) is 13.2. The first-order chi connectivity index (χ1) is 18.5. The van der Waals surface area contributed by atoms with E-state index < -0.39 is 35.3 Å². The Labute approximate surface area is 226 Å². The van der Waals surface area contributed by atoms with Crippen molar-refractivity contribution in [3.05, 3.63) is 36.0 Å². The van der Waals surface area contributed by atoms with Crippen LogP contribution >= 0.6 is 0 Å². The van der Waals surface area contributed by atoms with Crippen LogP contribution in [0, 0.1) is 11.2 Å². The van der Waals surface area contributed by atoms with Gasteiger partial charge in [0.05, 0.1) is 6.42 Å². The van der Waals surface area contributed by atoms with Crippen molar-refractivity contribution in [3.63, 3.8) is 0 Å². The highest BCUT2D eigenvalue weighted by Crippen LogP contribution is 2.27. The molecule has 1 aliphatic rings. The number of carbonyl (C=O) groups excluding carboxylic acids is 4. The summed E-state index contributed by atoms with van der Waals surface area (Å²) in [5.74, 6) is -2.04. The molecular formula is C27H36FN5O6. The molecule has 212 valence electrons. The number of amides is 3. The summed E-state index contributed by atoms with van der Waals surface area (Å²) in [6, 6.07) is 4.48. The standard InChI is InChI=1S/C27H36FN5O6/c1-5-6-9-19(23(35)24(36)32-33-15-8-7-10-22(33)34)29-26(37)38-20(27(2,3)4)16-21-30-31-25(39-21)17-11-13-18(28)14-12-17/h11-14,19-20H,5-10,15-16H2,1-4H3,(H,29,37)(H,32,36)/t19-,20?/m1/s1. The summed E-state index contributed by atoms with van der Waals surface area (Å²) in [6.45, 7) is 7.85. The Balaban J connectivity index is 1.65. The van der Waals surface area contributed by atoms with Gasteiger partial charge in [0.15, 0.2) is 0 Å². The number of ether oxygens (including phenoxy) is 1. The molecular weight excluding hydrogens is 509 g/mol. The second-order valence-electron chi connectivity index (χ2n) is 10.6. The lowest BCUT2D eigenvalue weighted by Crippen LogP contribution is -2.55. The lowest BCUT2D eigenvalue weighted by molar-refractivity contribution is -0.148. The number of halogens is 1. The molecule has 1 aromatic carbocycles. The summed E-state index contributed by atoms with van der Waals surface area (Å²) in [5.41, 5.74) is 2.37. The van der Waals surface area contributed by atoms with E-state index >= 15 is 0 Å². The number of carbonyl (C=O) groups is 4. The summed E-state index contributed by atoms with van der Waals surface area (Å²) in [5, 5.41) is 11.7. The molecule has 3 amide bonds. The predicted octanol–water partition coefficient (Wildman–Crippen LogP) is 3.73. The molecule has 2 atom stereocenters. The molecule has 11 nitrogen and oxygen atoms in total. The maximum absolute atomic E-state index is 13.2. The zero-order chi connectivity index (χ0) is 28.6. The van der Waals surface area contributed by atoms with E-state index in [-0.39, 0.29) is 36.3 Å². The molecule has 0 aliphatic carbocycles. The molecule has 1 fully saturated rings. The first-order valence-corrected chi connectivity index (χ1v) is 13.2. The van der Waals surface area contributed by atoms with Gasteiger partial charge in [0, 0.05) is 18.5 Å². The summed E-state index contributed by atoms with van der Waals surface area (Å²) in [4.78, 5) is 50.4. The van der Waals surface area contributed by atoms with Gasteiger partial charge >= 0.3 is 12.0 Å². The minimum absolute atomic E-state index is 0.0935. The van der Waals surface area contributed by atoms with Crippen LogP contribution in [0.1, 0.15) is 72.1 Å². The third kappa shape index (κ3) is 8.59. The Hall–Kier alpha value is -3.83. The smallest absolute Gasteiger partial charge is 0.408 e. The number of hydrogen-bond donors (Lipinski definition) is 2. The monoisotopic (exact) mass is 545 g/mol. The fraction of sp³-hybridized carbons (Fsp3) is 0.556. The number of aromatic nitrogens is 2. The molecule has 1 unspecified atom stereocenters. The van der Waals surface area contributed by atoms with Crippen molar-refractivity contribution in [1.29, 1.82) is 0 Å². The number of rotatable bonds is 11. The Bertz CT molecular complexity index is 1160. The molecule has 1 aromatic heterocycles. The summed E-state index contributed by atoms with van der Waals surface area (Å²) >= 11 is 0. The van der Waals surface area contributed by atoms with Gasteiger partial charge in [-0.3, -0.25) is 24.8 Å². The van der Waals surface area contributed by atoms with Crippen molar-refractivity contribution in [1.82, 2.24) is 25.9 Å². The quantitative estimate of drug-likeness (QED) is 0.407. The minimum Gasteiger partial charge on any atom is -0.445 e. The number of nitrogens with zero attached hydrogens (tertiary/aromatic N) is 3. The Morgan fingerprint density at radius 1 is 1.15 bits per heavy atom. The topological polar surface area (TPSA) is 144 Å². The van der Waals surface area contributed by atoms with Crippen LogP contribution in [-0.2, 0) is 25.5 Å². The third-order valence-electron chi connectivity index (χ3n) is 6.37. The number of hydrazine groups is 1. The number of hydrogen-bond acceptors (Lipinski definition) is 8. The molecule has 0 bridgehead atoms. The van der Waals surface area contributed by atoms with Crippen LogP contribution in [0.3, 0.4) is 0 Å². The highest BCUT2D eigenvalue weighted by atomic mass is 19.1. The second kappa shape index (κ2) is 13.3. The van der Waals surface area contributed by atoms with Gasteiger partial charge in [-0.25, -0.2) is 9.18 Å². The zero-order valence-electron chi connectivity index (χ0n) is 22.8. The maximum Gasteiger partial charge on any atom is 0.408 e. The molecule has 0 radical (unpaired) electrons. The van der Waals surface area contributed by atoms with E-state index in [1.165, 1.54) is 24.3 Å². The van der Waals surface area contributed by atoms with Crippen molar-refractivity contribution in [2.45, 2.75) is 84.8 Å². The molecule has 3 rings (SSSR count). The van der Waals surface area contributed by atoms with E-state index in [9.17, 15) is 23.6 Å². The van der Waals surface area contributed by atoms with Crippen LogP contribution in [0.25, 0.3) is 11.5 Å². The van der Waals surface area contributed by atoms with Gasteiger partial charge in [-0.15, -0.1) is 10.2 Å². The molecule has 12 heteroatoms. The molecule has 0 saturated carbocycles. The molecule has 2 heterocycles. The van der Waals surface area contributed by atoms with Crippen LogP contribution in [0.2, 0.25) is 0 Å². The fourth-order valence-corrected chi connectivity index (χ4v) is 3.97. The van der Waals surface area contributed by atoms with Crippen molar-refractivity contribution in [2.24, 2.45) is 5.41 Å². The summed E-state index contributed by atoms with van der Waals surface area (Å²) in [6.07, 6.45) is 1.82. The number of Topliss-reactive ketones (excluding diaryl/α,β-unsaturated/α-hetero) is 1. The van der Waals surface area contributed by atoms with Crippen LogP contribution < -0.4 is 10.7 Å². The molecule has 1 saturated heterocycles. The average Bonchev–Trinajstić information content (AvgIpc) is 3.35. The number of nitrogens with one attached hydrogen (secondary N) is 2. The van der Waals surface area contributed by atoms with Crippen LogP contribution in [0.15, 0.2) is 28.7 Å². The molecule has 2 aromatic rings. The van der Waals surface area contributed by atoms with E-state index in [0.717, 1.165) is 24.3 Å². The Morgan fingerprint density at radius 2 is 1.87 bits per heavy atom. The van der Waals surface area contributed by atoms with Crippen LogP contribution in [0.4, 0.5) is 9.18 Å². The van der Waals surface area contributed by atoms with E-state index in [1.54, 1.807) is 0 Å². The number of benzene rings is 1. The van der Waals surface area contributed by atoms with Crippen LogP contribution in [-0.4, -0.2) is 57.6 Å². The Kier molecular flexibility index (Phi) is 10.1. The van der Waals surface area contributed by atoms with E-state index in [1.807, 2.05) is 27.7 Å². The first kappa shape index (κ1) is 29.7. The van der Waals surface area contributed by atoms with E-state index in [4.69, 9.17) is 9.15 Å². The predicted molar refractivity (Wildman–Crippen MR) is 138 cm³/mol.